The Morgan fingerprint density at radius 1 is 1.53 bits per heavy atom. The number of hydrogen-bond donors (Lipinski definition) is 1. The fourth-order valence-electron chi connectivity index (χ4n) is 2.57. The normalized spacial score (nSPS) is 31.7. The molecule has 4 heteroatoms. The van der Waals surface area contributed by atoms with E-state index in [4.69, 9.17) is 0 Å². The Morgan fingerprint density at radius 3 is 2.87 bits per heavy atom. The van der Waals surface area contributed by atoms with Crippen molar-refractivity contribution in [3.63, 3.8) is 0 Å². The van der Waals surface area contributed by atoms with Crippen LogP contribution in [-0.4, -0.2) is 55.1 Å². The van der Waals surface area contributed by atoms with Crippen molar-refractivity contribution in [1.82, 2.24) is 15.1 Å². The molecule has 2 fully saturated rings. The van der Waals surface area contributed by atoms with Crippen molar-refractivity contribution in [2.45, 2.75) is 25.8 Å². The molecule has 1 N–H and O–H groups in total. The Balaban J connectivity index is 1.90. The van der Waals surface area contributed by atoms with Crippen LogP contribution in [0.2, 0.25) is 0 Å². The summed E-state index contributed by atoms with van der Waals surface area (Å²) in [7, 11) is 1.92. The molecule has 0 saturated carbocycles. The molecular weight excluding hydrogens is 190 g/mol. The van der Waals surface area contributed by atoms with E-state index in [1.165, 1.54) is 6.42 Å². The molecule has 2 amide bonds. The van der Waals surface area contributed by atoms with Crippen molar-refractivity contribution in [1.29, 1.82) is 0 Å². The Labute approximate surface area is 91.6 Å². The molecule has 86 valence electrons. The van der Waals surface area contributed by atoms with E-state index >= 15 is 0 Å². The first-order valence-electron chi connectivity index (χ1n) is 5.94. The van der Waals surface area contributed by atoms with Crippen molar-refractivity contribution < 1.29 is 4.79 Å². The topological polar surface area (TPSA) is 35.6 Å². The molecule has 0 aliphatic carbocycles. The molecule has 15 heavy (non-hydrogen) atoms. The third-order valence-corrected chi connectivity index (χ3v) is 3.66. The molecule has 4 nitrogen and oxygen atoms in total. The lowest BCUT2D eigenvalue weighted by Crippen LogP contribution is -2.34. The molecule has 0 spiro atoms. The number of likely N-dealkylation sites (N-methyl/N-ethyl adjacent to an activating group) is 1. The van der Waals surface area contributed by atoms with Gasteiger partial charge >= 0.3 is 6.03 Å². The SMILES string of the molecule is CCC1CN(CC2CCNC2)C(=O)N1C. The van der Waals surface area contributed by atoms with Crippen LogP contribution < -0.4 is 5.32 Å². The zero-order valence-electron chi connectivity index (χ0n) is 9.70. The number of amides is 2. The van der Waals surface area contributed by atoms with Crippen LogP contribution in [0.25, 0.3) is 0 Å². The van der Waals surface area contributed by atoms with Crippen LogP contribution in [0, 0.1) is 5.92 Å². The van der Waals surface area contributed by atoms with Gasteiger partial charge in [0, 0.05) is 20.1 Å². The number of hydrogen-bond acceptors (Lipinski definition) is 2. The zero-order valence-corrected chi connectivity index (χ0v) is 9.70. The van der Waals surface area contributed by atoms with Gasteiger partial charge in [0.15, 0.2) is 0 Å². The number of carbonyl (C=O) groups excluding carboxylic acids is 1. The Kier molecular flexibility index (Phi) is 3.14. The predicted molar refractivity (Wildman–Crippen MR) is 59.8 cm³/mol. The third kappa shape index (κ3) is 2.09. The summed E-state index contributed by atoms with van der Waals surface area (Å²) in [6.07, 6.45) is 2.27. The average Bonchev–Trinajstić information content (AvgIpc) is 2.82. The van der Waals surface area contributed by atoms with Gasteiger partial charge < -0.3 is 15.1 Å². The summed E-state index contributed by atoms with van der Waals surface area (Å²) in [4.78, 5) is 15.8. The first-order chi connectivity index (χ1) is 7.22. The fraction of sp³-hybridized carbons (Fsp3) is 0.909. The molecular formula is C11H21N3O. The van der Waals surface area contributed by atoms with Gasteiger partial charge in [-0.1, -0.05) is 6.92 Å². The van der Waals surface area contributed by atoms with Crippen molar-refractivity contribution in [2.24, 2.45) is 5.92 Å². The number of carbonyl (C=O) groups is 1. The highest BCUT2D eigenvalue weighted by atomic mass is 16.2. The molecule has 0 aromatic heterocycles. The van der Waals surface area contributed by atoms with Crippen molar-refractivity contribution in [3.05, 3.63) is 0 Å². The van der Waals surface area contributed by atoms with Crippen LogP contribution in [0.3, 0.4) is 0 Å². The molecule has 0 aromatic carbocycles. The molecule has 2 aliphatic heterocycles. The predicted octanol–water partition coefficient (Wildman–Crippen LogP) is 0.742. The standard InChI is InChI=1S/C11H21N3O/c1-3-10-8-14(11(15)13(10)2)7-9-4-5-12-6-9/h9-10,12H,3-8H2,1-2H3. The van der Waals surface area contributed by atoms with E-state index in [-0.39, 0.29) is 6.03 Å². The molecule has 2 atom stereocenters. The highest BCUT2D eigenvalue weighted by Crippen LogP contribution is 2.19. The highest BCUT2D eigenvalue weighted by molar-refractivity contribution is 5.76. The molecule has 0 radical (unpaired) electrons. The summed E-state index contributed by atoms with van der Waals surface area (Å²) >= 11 is 0. The zero-order chi connectivity index (χ0) is 10.8. The molecule has 2 rings (SSSR count). The first kappa shape index (κ1) is 10.7. The highest BCUT2D eigenvalue weighted by Gasteiger charge is 2.34. The second-order valence-corrected chi connectivity index (χ2v) is 4.72. The van der Waals surface area contributed by atoms with Crippen molar-refractivity contribution >= 4 is 6.03 Å². The van der Waals surface area contributed by atoms with Crippen LogP contribution in [0.5, 0.6) is 0 Å². The summed E-state index contributed by atoms with van der Waals surface area (Å²) in [6, 6.07) is 0.639. The summed E-state index contributed by atoms with van der Waals surface area (Å²) in [5, 5.41) is 3.35. The summed E-state index contributed by atoms with van der Waals surface area (Å²) in [5.41, 5.74) is 0. The van der Waals surface area contributed by atoms with Gasteiger partial charge in [-0.05, 0) is 31.8 Å². The average molecular weight is 211 g/mol. The third-order valence-electron chi connectivity index (χ3n) is 3.66. The monoisotopic (exact) mass is 211 g/mol. The van der Waals surface area contributed by atoms with Gasteiger partial charge in [-0.3, -0.25) is 0 Å². The second-order valence-electron chi connectivity index (χ2n) is 4.72. The van der Waals surface area contributed by atoms with E-state index in [1.54, 1.807) is 0 Å². The minimum Gasteiger partial charge on any atom is -0.323 e. The minimum absolute atomic E-state index is 0.216. The molecule has 0 bridgehead atoms. The van der Waals surface area contributed by atoms with Gasteiger partial charge in [-0.25, -0.2) is 4.79 Å². The summed E-state index contributed by atoms with van der Waals surface area (Å²) in [6.45, 7) is 6.19. The lowest BCUT2D eigenvalue weighted by molar-refractivity contribution is 0.190. The van der Waals surface area contributed by atoms with Crippen LogP contribution in [0.4, 0.5) is 4.79 Å². The van der Waals surface area contributed by atoms with Gasteiger partial charge in [-0.2, -0.15) is 0 Å². The number of nitrogens with one attached hydrogen (secondary N) is 1. The Morgan fingerprint density at radius 2 is 2.33 bits per heavy atom. The minimum atomic E-state index is 0.216. The second kappa shape index (κ2) is 4.39. The van der Waals surface area contributed by atoms with Crippen molar-refractivity contribution in [3.8, 4) is 0 Å². The van der Waals surface area contributed by atoms with Gasteiger partial charge in [-0.15, -0.1) is 0 Å². The first-order valence-corrected chi connectivity index (χ1v) is 5.94. The van der Waals surface area contributed by atoms with Gasteiger partial charge in [0.25, 0.3) is 0 Å². The van der Waals surface area contributed by atoms with Crippen LogP contribution in [0.15, 0.2) is 0 Å². The van der Waals surface area contributed by atoms with E-state index in [0.29, 0.717) is 12.0 Å². The molecule has 2 saturated heterocycles. The molecule has 2 heterocycles. The van der Waals surface area contributed by atoms with E-state index in [2.05, 4.69) is 12.2 Å². The van der Waals surface area contributed by atoms with E-state index < -0.39 is 0 Å². The van der Waals surface area contributed by atoms with Crippen LogP contribution in [0.1, 0.15) is 19.8 Å². The van der Waals surface area contributed by atoms with E-state index in [0.717, 1.165) is 32.6 Å². The van der Waals surface area contributed by atoms with Crippen molar-refractivity contribution in [2.75, 3.05) is 33.2 Å². The summed E-state index contributed by atoms with van der Waals surface area (Å²) < 4.78 is 0. The lowest BCUT2D eigenvalue weighted by atomic mass is 10.1. The Bertz CT molecular complexity index is 238. The molecule has 2 aliphatic rings. The van der Waals surface area contributed by atoms with Gasteiger partial charge in [0.1, 0.15) is 0 Å². The van der Waals surface area contributed by atoms with E-state index in [1.807, 2.05) is 16.8 Å². The quantitative estimate of drug-likeness (QED) is 0.747. The fourth-order valence-corrected chi connectivity index (χ4v) is 2.57. The maximum absolute atomic E-state index is 11.9. The van der Waals surface area contributed by atoms with Crippen LogP contribution in [-0.2, 0) is 0 Å². The number of rotatable bonds is 3. The number of nitrogens with zero attached hydrogens (tertiary/aromatic N) is 2. The van der Waals surface area contributed by atoms with E-state index in [9.17, 15) is 4.79 Å². The smallest absolute Gasteiger partial charge is 0.320 e. The molecule has 2 unspecified atom stereocenters. The van der Waals surface area contributed by atoms with Gasteiger partial charge in [0.05, 0.1) is 6.04 Å². The molecule has 0 aromatic rings. The largest absolute Gasteiger partial charge is 0.323 e. The number of urea groups is 1. The maximum Gasteiger partial charge on any atom is 0.320 e. The van der Waals surface area contributed by atoms with Crippen LogP contribution >= 0.6 is 0 Å². The van der Waals surface area contributed by atoms with Gasteiger partial charge in [0.2, 0.25) is 0 Å². The lowest BCUT2D eigenvalue weighted by Gasteiger charge is -2.19. The Hall–Kier alpha value is -0.770. The summed E-state index contributed by atoms with van der Waals surface area (Å²) in [5.74, 6) is 0.665. The maximum atomic E-state index is 11.9.